The van der Waals surface area contributed by atoms with Gasteiger partial charge in [-0.15, -0.1) is 0 Å². The lowest BCUT2D eigenvalue weighted by atomic mass is 10.2. The van der Waals surface area contributed by atoms with E-state index in [4.69, 9.17) is 0 Å². The molecule has 0 saturated heterocycles. The van der Waals surface area contributed by atoms with Gasteiger partial charge in [-0.25, -0.2) is 4.79 Å². The summed E-state index contributed by atoms with van der Waals surface area (Å²) < 4.78 is 1.53. The molecule has 0 aromatic carbocycles. The van der Waals surface area contributed by atoms with Gasteiger partial charge in [0.15, 0.2) is 0 Å². The number of aromatic amines is 1. The minimum absolute atomic E-state index is 0.208. The highest BCUT2D eigenvalue weighted by molar-refractivity contribution is 5.88. The van der Waals surface area contributed by atoms with Crippen molar-refractivity contribution in [2.24, 2.45) is 0 Å². The molecule has 0 radical (unpaired) electrons. The number of H-pyrrole nitrogens is 1. The Balaban J connectivity index is 1.87. The van der Waals surface area contributed by atoms with Crippen LogP contribution in [0.4, 0.5) is 10.5 Å². The fraction of sp³-hybridized carbons (Fsp3) is 0.308. The SMILES string of the molecule is CCn1cccc(NC(=O)NCCc2cn[nH]c2)c1=O. The van der Waals surface area contributed by atoms with E-state index in [9.17, 15) is 9.59 Å². The van der Waals surface area contributed by atoms with Crippen LogP contribution in [0.5, 0.6) is 0 Å². The summed E-state index contributed by atoms with van der Waals surface area (Å²) in [5, 5.41) is 11.8. The van der Waals surface area contributed by atoms with Crippen LogP contribution in [0.2, 0.25) is 0 Å². The Hall–Kier alpha value is -2.57. The van der Waals surface area contributed by atoms with E-state index in [0.717, 1.165) is 5.56 Å². The summed E-state index contributed by atoms with van der Waals surface area (Å²) in [6.45, 7) is 2.91. The van der Waals surface area contributed by atoms with Crippen LogP contribution < -0.4 is 16.2 Å². The largest absolute Gasteiger partial charge is 0.338 e. The Bertz CT molecular complexity index is 618. The molecule has 0 atom stereocenters. The molecule has 2 aromatic rings. The summed E-state index contributed by atoms with van der Waals surface area (Å²) in [5.74, 6) is 0. The van der Waals surface area contributed by atoms with Gasteiger partial charge in [-0.05, 0) is 31.0 Å². The lowest BCUT2D eigenvalue weighted by Gasteiger charge is -2.08. The van der Waals surface area contributed by atoms with Gasteiger partial charge in [0.05, 0.1) is 6.20 Å². The van der Waals surface area contributed by atoms with E-state index in [1.807, 2.05) is 6.92 Å². The third-order valence-electron chi connectivity index (χ3n) is 2.86. The van der Waals surface area contributed by atoms with Gasteiger partial charge in [0.2, 0.25) is 0 Å². The Morgan fingerprint density at radius 3 is 3.05 bits per heavy atom. The van der Waals surface area contributed by atoms with Gasteiger partial charge in [-0.2, -0.15) is 5.10 Å². The van der Waals surface area contributed by atoms with Crippen molar-refractivity contribution in [3.05, 3.63) is 46.6 Å². The van der Waals surface area contributed by atoms with E-state index < -0.39 is 0 Å². The standard InChI is InChI=1S/C13H17N5O2/c1-2-18-7-3-4-11(12(18)19)17-13(20)14-6-5-10-8-15-16-9-10/h3-4,7-9H,2,5-6H2,1H3,(H,15,16)(H2,14,17,20). The van der Waals surface area contributed by atoms with Crippen molar-refractivity contribution < 1.29 is 4.79 Å². The summed E-state index contributed by atoms with van der Waals surface area (Å²) in [6.07, 6.45) is 5.84. The van der Waals surface area contributed by atoms with E-state index in [1.54, 1.807) is 30.7 Å². The summed E-state index contributed by atoms with van der Waals surface area (Å²) >= 11 is 0. The van der Waals surface area contributed by atoms with Crippen LogP contribution in [-0.2, 0) is 13.0 Å². The number of pyridine rings is 1. The number of carbonyl (C=O) groups excluding carboxylic acids is 1. The van der Waals surface area contributed by atoms with Gasteiger partial charge in [0, 0.05) is 25.5 Å². The molecule has 20 heavy (non-hydrogen) atoms. The summed E-state index contributed by atoms with van der Waals surface area (Å²) in [7, 11) is 0. The zero-order valence-corrected chi connectivity index (χ0v) is 11.2. The van der Waals surface area contributed by atoms with E-state index in [2.05, 4.69) is 20.8 Å². The topological polar surface area (TPSA) is 91.8 Å². The molecule has 7 nitrogen and oxygen atoms in total. The van der Waals surface area contributed by atoms with Crippen molar-refractivity contribution in [1.29, 1.82) is 0 Å². The molecule has 0 fully saturated rings. The average Bonchev–Trinajstić information content (AvgIpc) is 2.94. The number of hydrogen-bond acceptors (Lipinski definition) is 3. The molecule has 2 amide bonds. The van der Waals surface area contributed by atoms with Crippen LogP contribution in [0.15, 0.2) is 35.5 Å². The molecule has 0 unspecified atom stereocenters. The average molecular weight is 275 g/mol. The molecule has 7 heteroatoms. The number of rotatable bonds is 5. The van der Waals surface area contributed by atoms with Gasteiger partial charge in [-0.3, -0.25) is 9.89 Å². The Kier molecular flexibility index (Phi) is 4.54. The summed E-state index contributed by atoms with van der Waals surface area (Å²) in [6, 6.07) is 2.93. The Morgan fingerprint density at radius 1 is 1.50 bits per heavy atom. The van der Waals surface area contributed by atoms with Crippen LogP contribution >= 0.6 is 0 Å². The molecule has 0 aliphatic rings. The second-order valence-electron chi connectivity index (χ2n) is 4.25. The second-order valence-corrected chi connectivity index (χ2v) is 4.25. The van der Waals surface area contributed by atoms with Crippen molar-refractivity contribution in [1.82, 2.24) is 20.1 Å². The number of amides is 2. The van der Waals surface area contributed by atoms with Crippen LogP contribution in [0, 0.1) is 0 Å². The van der Waals surface area contributed by atoms with Gasteiger partial charge in [0.1, 0.15) is 5.69 Å². The number of aryl methyl sites for hydroxylation is 1. The third-order valence-corrected chi connectivity index (χ3v) is 2.86. The molecular weight excluding hydrogens is 258 g/mol. The maximum Gasteiger partial charge on any atom is 0.319 e. The van der Waals surface area contributed by atoms with Crippen LogP contribution in [0.3, 0.4) is 0 Å². The molecule has 0 aliphatic carbocycles. The fourth-order valence-corrected chi connectivity index (χ4v) is 1.78. The van der Waals surface area contributed by atoms with Crippen molar-refractivity contribution in [3.63, 3.8) is 0 Å². The molecule has 2 rings (SSSR count). The van der Waals surface area contributed by atoms with Gasteiger partial charge in [0.25, 0.3) is 5.56 Å². The minimum Gasteiger partial charge on any atom is -0.338 e. The maximum absolute atomic E-state index is 11.9. The van der Waals surface area contributed by atoms with E-state index in [-0.39, 0.29) is 17.3 Å². The molecule has 0 saturated carbocycles. The van der Waals surface area contributed by atoms with Crippen molar-refractivity contribution in [2.45, 2.75) is 19.9 Å². The quantitative estimate of drug-likeness (QED) is 0.758. The lowest BCUT2D eigenvalue weighted by Crippen LogP contribution is -2.33. The highest BCUT2D eigenvalue weighted by Crippen LogP contribution is 1.98. The third kappa shape index (κ3) is 3.47. The molecule has 3 N–H and O–H groups in total. The highest BCUT2D eigenvalue weighted by Gasteiger charge is 2.06. The summed E-state index contributed by atoms with van der Waals surface area (Å²) in [5.41, 5.74) is 1.08. The number of hydrogen-bond donors (Lipinski definition) is 3. The van der Waals surface area contributed by atoms with E-state index in [0.29, 0.717) is 19.5 Å². The molecule has 0 spiro atoms. The van der Waals surface area contributed by atoms with E-state index in [1.165, 1.54) is 4.57 Å². The van der Waals surface area contributed by atoms with E-state index >= 15 is 0 Å². The minimum atomic E-state index is -0.389. The molecule has 0 bridgehead atoms. The molecule has 0 aliphatic heterocycles. The molecular formula is C13H17N5O2. The lowest BCUT2D eigenvalue weighted by molar-refractivity contribution is 0.252. The van der Waals surface area contributed by atoms with Crippen molar-refractivity contribution >= 4 is 11.7 Å². The smallest absolute Gasteiger partial charge is 0.319 e. The normalized spacial score (nSPS) is 10.2. The van der Waals surface area contributed by atoms with Crippen molar-refractivity contribution in [2.75, 3.05) is 11.9 Å². The van der Waals surface area contributed by atoms with Gasteiger partial charge in [-0.1, -0.05) is 0 Å². The number of carbonyl (C=O) groups is 1. The Labute approximate surface area is 116 Å². The predicted octanol–water partition coefficient (Wildman–Crippen LogP) is 0.955. The van der Waals surface area contributed by atoms with Crippen LogP contribution in [0.25, 0.3) is 0 Å². The first kappa shape index (κ1) is 13.9. The Morgan fingerprint density at radius 2 is 2.35 bits per heavy atom. The molecule has 2 heterocycles. The first-order valence-electron chi connectivity index (χ1n) is 6.42. The summed E-state index contributed by atoms with van der Waals surface area (Å²) in [4.78, 5) is 23.6. The first-order chi connectivity index (χ1) is 9.70. The maximum atomic E-state index is 11.9. The molecule has 106 valence electrons. The van der Waals surface area contributed by atoms with Crippen LogP contribution in [-0.4, -0.2) is 27.3 Å². The predicted molar refractivity (Wildman–Crippen MR) is 75.7 cm³/mol. The number of urea groups is 1. The highest BCUT2D eigenvalue weighted by atomic mass is 16.2. The van der Waals surface area contributed by atoms with Crippen LogP contribution in [0.1, 0.15) is 12.5 Å². The zero-order valence-electron chi connectivity index (χ0n) is 11.2. The molecule has 2 aromatic heterocycles. The number of anilines is 1. The monoisotopic (exact) mass is 275 g/mol. The van der Waals surface area contributed by atoms with Gasteiger partial charge < -0.3 is 15.2 Å². The first-order valence-corrected chi connectivity index (χ1v) is 6.42. The number of nitrogens with one attached hydrogen (secondary N) is 3. The second kappa shape index (κ2) is 6.55. The fourth-order valence-electron chi connectivity index (χ4n) is 1.78. The van der Waals surface area contributed by atoms with Crippen molar-refractivity contribution in [3.8, 4) is 0 Å². The number of aromatic nitrogens is 3. The van der Waals surface area contributed by atoms with Gasteiger partial charge >= 0.3 is 6.03 Å². The zero-order chi connectivity index (χ0) is 14.4. The number of nitrogens with zero attached hydrogens (tertiary/aromatic N) is 2.